The number of nitrogens with zero attached hydrogens (tertiary/aromatic N) is 5. The third-order valence-electron chi connectivity index (χ3n) is 4.23. The molecule has 0 aromatic carbocycles. The van der Waals surface area contributed by atoms with Crippen molar-refractivity contribution in [2.75, 3.05) is 11.9 Å². The number of ether oxygens (including phenoxy) is 1. The molecule has 4 rings (SSSR count). The molecule has 11 heteroatoms. The summed E-state index contributed by atoms with van der Waals surface area (Å²) < 4.78 is 6.82. The summed E-state index contributed by atoms with van der Waals surface area (Å²) >= 11 is 1.32. The first-order valence-electron chi connectivity index (χ1n) is 8.28. The number of fused-ring (bicyclic) bond motifs is 1. The lowest BCUT2D eigenvalue weighted by atomic mass is 10.1. The molecular weight excluding hydrogens is 358 g/mol. The molecule has 4 heterocycles. The van der Waals surface area contributed by atoms with Crippen LogP contribution in [0.5, 0.6) is 0 Å². The molecular formula is C15H17N7O3S. The molecule has 3 aromatic rings. The Bertz CT molecular complexity index is 1000. The summed E-state index contributed by atoms with van der Waals surface area (Å²) in [5, 5.41) is 14.7. The SMILES string of the molecule is Cc1nc2nc[nH]n2c(=O)c1CCC(=O)Nc1nnc(C2CCCO2)s1. The maximum absolute atomic E-state index is 12.4. The molecule has 1 amide bonds. The van der Waals surface area contributed by atoms with Crippen LogP contribution in [-0.4, -0.2) is 42.3 Å². The Balaban J connectivity index is 1.40. The zero-order valence-corrected chi connectivity index (χ0v) is 14.9. The predicted octanol–water partition coefficient (Wildman–Crippen LogP) is 1.00. The van der Waals surface area contributed by atoms with Crippen molar-refractivity contribution in [3.05, 3.63) is 32.9 Å². The fraction of sp³-hybridized carbons (Fsp3) is 0.467. The number of carbonyl (C=O) groups is 1. The van der Waals surface area contributed by atoms with Gasteiger partial charge in [0.05, 0.1) is 5.69 Å². The van der Waals surface area contributed by atoms with Gasteiger partial charge in [-0.2, -0.15) is 4.52 Å². The average Bonchev–Trinajstić information content (AvgIpc) is 3.35. The molecule has 2 N–H and O–H groups in total. The van der Waals surface area contributed by atoms with Gasteiger partial charge >= 0.3 is 0 Å². The number of H-pyrrole nitrogens is 1. The fourth-order valence-corrected chi connectivity index (χ4v) is 3.73. The second-order valence-electron chi connectivity index (χ2n) is 6.00. The van der Waals surface area contributed by atoms with Gasteiger partial charge in [0.15, 0.2) is 0 Å². The molecule has 1 aliphatic rings. The maximum Gasteiger partial charge on any atom is 0.277 e. The number of hydrogen-bond donors (Lipinski definition) is 2. The summed E-state index contributed by atoms with van der Waals surface area (Å²) in [4.78, 5) is 32.8. The smallest absolute Gasteiger partial charge is 0.277 e. The number of hydrogen-bond acceptors (Lipinski definition) is 8. The van der Waals surface area contributed by atoms with E-state index in [9.17, 15) is 9.59 Å². The van der Waals surface area contributed by atoms with Gasteiger partial charge < -0.3 is 10.1 Å². The van der Waals surface area contributed by atoms with Crippen molar-refractivity contribution in [3.8, 4) is 0 Å². The zero-order chi connectivity index (χ0) is 18.1. The summed E-state index contributed by atoms with van der Waals surface area (Å²) in [5.74, 6) is 0.0878. The van der Waals surface area contributed by atoms with Gasteiger partial charge in [0.25, 0.3) is 11.3 Å². The van der Waals surface area contributed by atoms with Crippen LogP contribution in [0.2, 0.25) is 0 Å². The molecule has 0 radical (unpaired) electrons. The van der Waals surface area contributed by atoms with E-state index in [-0.39, 0.29) is 30.4 Å². The highest BCUT2D eigenvalue weighted by atomic mass is 32.1. The van der Waals surface area contributed by atoms with Gasteiger partial charge in [-0.3, -0.25) is 14.7 Å². The molecule has 1 aliphatic heterocycles. The van der Waals surface area contributed by atoms with E-state index in [1.165, 1.54) is 22.2 Å². The van der Waals surface area contributed by atoms with E-state index in [1.807, 2.05) is 0 Å². The minimum atomic E-state index is -0.241. The number of aromatic nitrogens is 6. The van der Waals surface area contributed by atoms with Gasteiger partial charge in [-0.15, -0.1) is 10.2 Å². The first-order chi connectivity index (χ1) is 12.6. The Hall–Kier alpha value is -2.66. The van der Waals surface area contributed by atoms with Crippen LogP contribution >= 0.6 is 11.3 Å². The molecule has 1 unspecified atom stereocenters. The first-order valence-corrected chi connectivity index (χ1v) is 9.10. The van der Waals surface area contributed by atoms with E-state index < -0.39 is 0 Å². The fourth-order valence-electron chi connectivity index (χ4n) is 2.89. The van der Waals surface area contributed by atoms with Crippen molar-refractivity contribution >= 4 is 28.2 Å². The van der Waals surface area contributed by atoms with Crippen LogP contribution in [0.1, 0.15) is 41.6 Å². The number of rotatable bonds is 5. The van der Waals surface area contributed by atoms with Crippen LogP contribution in [0.25, 0.3) is 5.78 Å². The molecule has 0 bridgehead atoms. The molecule has 136 valence electrons. The van der Waals surface area contributed by atoms with E-state index in [2.05, 4.69) is 30.6 Å². The lowest BCUT2D eigenvalue weighted by Crippen LogP contribution is -2.23. The van der Waals surface area contributed by atoms with E-state index >= 15 is 0 Å². The average molecular weight is 375 g/mol. The summed E-state index contributed by atoms with van der Waals surface area (Å²) in [6, 6.07) is 0. The lowest BCUT2D eigenvalue weighted by molar-refractivity contribution is -0.116. The standard InChI is InChI=1S/C15H17N7O3S/c1-8-9(13(24)22-14(18-8)16-7-17-22)4-5-11(23)19-15-21-20-12(26-15)10-3-2-6-25-10/h7,10H,2-6H2,1H3,(H,16,17,18)(H,19,21,23). The van der Waals surface area contributed by atoms with Gasteiger partial charge in [-0.05, 0) is 26.2 Å². The van der Waals surface area contributed by atoms with Gasteiger partial charge in [0.1, 0.15) is 17.4 Å². The molecule has 1 saturated heterocycles. The summed E-state index contributed by atoms with van der Waals surface area (Å²) in [5.41, 5.74) is 0.820. The molecule has 0 aliphatic carbocycles. The minimum absolute atomic E-state index is 0.0203. The van der Waals surface area contributed by atoms with Gasteiger partial charge in [-0.25, -0.2) is 9.97 Å². The Morgan fingerprint density at radius 2 is 2.38 bits per heavy atom. The van der Waals surface area contributed by atoms with Crippen LogP contribution in [0.3, 0.4) is 0 Å². The van der Waals surface area contributed by atoms with Crippen LogP contribution in [-0.2, 0) is 16.0 Å². The van der Waals surface area contributed by atoms with E-state index in [4.69, 9.17) is 4.74 Å². The van der Waals surface area contributed by atoms with Crippen molar-refractivity contribution in [1.82, 2.24) is 29.8 Å². The number of carbonyl (C=O) groups excluding carboxylic acids is 1. The Kier molecular flexibility index (Phi) is 4.47. The maximum atomic E-state index is 12.4. The second-order valence-corrected chi connectivity index (χ2v) is 7.01. The quantitative estimate of drug-likeness (QED) is 0.681. The normalized spacial score (nSPS) is 17.0. The van der Waals surface area contributed by atoms with Crippen LogP contribution in [0.4, 0.5) is 5.13 Å². The van der Waals surface area contributed by atoms with Gasteiger partial charge in [0.2, 0.25) is 11.0 Å². The third kappa shape index (κ3) is 3.22. The molecule has 0 saturated carbocycles. The lowest BCUT2D eigenvalue weighted by Gasteiger charge is -2.05. The molecule has 10 nitrogen and oxygen atoms in total. The number of anilines is 1. The third-order valence-corrected chi connectivity index (χ3v) is 5.16. The highest BCUT2D eigenvalue weighted by Gasteiger charge is 2.22. The monoisotopic (exact) mass is 375 g/mol. The topological polar surface area (TPSA) is 127 Å². The summed E-state index contributed by atoms with van der Waals surface area (Å²) in [6.45, 7) is 2.47. The Labute approximate surface area is 151 Å². The molecule has 3 aromatic heterocycles. The number of amides is 1. The van der Waals surface area contributed by atoms with Gasteiger partial charge in [-0.1, -0.05) is 11.3 Å². The van der Waals surface area contributed by atoms with Crippen molar-refractivity contribution in [1.29, 1.82) is 0 Å². The Morgan fingerprint density at radius 1 is 1.50 bits per heavy atom. The summed E-state index contributed by atoms with van der Waals surface area (Å²) in [7, 11) is 0. The minimum Gasteiger partial charge on any atom is -0.371 e. The summed E-state index contributed by atoms with van der Waals surface area (Å²) in [6.07, 6.45) is 3.74. The van der Waals surface area contributed by atoms with Gasteiger partial charge in [0, 0.05) is 18.6 Å². The zero-order valence-electron chi connectivity index (χ0n) is 14.1. The largest absolute Gasteiger partial charge is 0.371 e. The first kappa shape index (κ1) is 16.8. The van der Waals surface area contributed by atoms with Crippen LogP contribution in [0, 0.1) is 6.92 Å². The van der Waals surface area contributed by atoms with Crippen LogP contribution in [0.15, 0.2) is 11.1 Å². The predicted molar refractivity (Wildman–Crippen MR) is 93.1 cm³/mol. The van der Waals surface area contributed by atoms with Crippen molar-refractivity contribution in [3.63, 3.8) is 0 Å². The van der Waals surface area contributed by atoms with E-state index in [1.54, 1.807) is 6.92 Å². The second kappa shape index (κ2) is 6.92. The number of nitrogens with one attached hydrogen (secondary N) is 2. The Morgan fingerprint density at radius 3 is 3.19 bits per heavy atom. The molecule has 26 heavy (non-hydrogen) atoms. The highest BCUT2D eigenvalue weighted by Crippen LogP contribution is 2.31. The molecule has 1 fully saturated rings. The van der Waals surface area contributed by atoms with Crippen molar-refractivity contribution in [2.24, 2.45) is 0 Å². The number of aryl methyl sites for hydroxylation is 1. The highest BCUT2D eigenvalue weighted by molar-refractivity contribution is 7.15. The van der Waals surface area contributed by atoms with Crippen LogP contribution < -0.4 is 10.9 Å². The molecule has 0 spiro atoms. The number of aromatic amines is 1. The van der Waals surface area contributed by atoms with E-state index in [0.29, 0.717) is 22.2 Å². The van der Waals surface area contributed by atoms with Crippen molar-refractivity contribution in [2.45, 2.75) is 38.7 Å². The van der Waals surface area contributed by atoms with E-state index in [0.717, 1.165) is 24.5 Å². The molecule has 1 atom stereocenters. The van der Waals surface area contributed by atoms with Crippen molar-refractivity contribution < 1.29 is 9.53 Å².